The van der Waals surface area contributed by atoms with Crippen LogP contribution in [0, 0.1) is 52.8 Å². The molecule has 11 atom stereocenters. The molecule has 3 saturated carbocycles. The summed E-state index contributed by atoms with van der Waals surface area (Å²) < 4.78 is 18.9. The minimum Gasteiger partial charge on any atom is -0.481 e. The number of ketones is 1. The Labute approximate surface area is 237 Å². The summed E-state index contributed by atoms with van der Waals surface area (Å²) in [5.74, 6) is -1.11. The van der Waals surface area contributed by atoms with Crippen LogP contribution in [0.4, 0.5) is 0 Å². The lowest BCUT2D eigenvalue weighted by molar-refractivity contribution is -0.225. The summed E-state index contributed by atoms with van der Waals surface area (Å²) in [4.78, 5) is 38.8. The van der Waals surface area contributed by atoms with Crippen molar-refractivity contribution in [1.82, 2.24) is 5.32 Å². The van der Waals surface area contributed by atoms with Crippen molar-refractivity contribution in [1.29, 1.82) is 0 Å². The van der Waals surface area contributed by atoms with E-state index < -0.39 is 17.8 Å². The number of allylic oxidation sites excluding steroid dienone is 1. The maximum absolute atomic E-state index is 13.9. The van der Waals surface area contributed by atoms with Crippen molar-refractivity contribution < 1.29 is 33.7 Å². The Balaban J connectivity index is 1.32. The van der Waals surface area contributed by atoms with Gasteiger partial charge in [-0.15, -0.1) is 0 Å². The van der Waals surface area contributed by atoms with E-state index in [9.17, 15) is 19.5 Å². The number of rotatable bonds is 7. The smallest absolute Gasteiger partial charge is 0.307 e. The SMILES string of the molecule is CC(=O)O[C@@H]1C[C@@]23COCC(C2CCC2C3=CC(=O)C3C2CCC(CC(C)C)C3C(=O)O)[C@H]1OC[C@@H]1CCCN1. The molecule has 4 aliphatic carbocycles. The first-order valence-electron chi connectivity index (χ1n) is 15.8. The number of carboxylic acids is 1. The van der Waals surface area contributed by atoms with Crippen LogP contribution in [0.5, 0.6) is 0 Å². The zero-order valence-corrected chi connectivity index (χ0v) is 24.3. The fourth-order valence-electron chi connectivity index (χ4n) is 10.1. The van der Waals surface area contributed by atoms with Crippen LogP contribution in [-0.2, 0) is 28.6 Å². The summed E-state index contributed by atoms with van der Waals surface area (Å²) in [6, 6.07) is 0.327. The lowest BCUT2D eigenvalue weighted by atomic mass is 9.45. The predicted molar refractivity (Wildman–Crippen MR) is 147 cm³/mol. The second kappa shape index (κ2) is 11.1. The molecule has 7 unspecified atom stereocenters. The molecule has 8 heteroatoms. The normalized spacial score (nSPS) is 44.3. The second-order valence-corrected chi connectivity index (χ2v) is 14.1. The Morgan fingerprint density at radius 3 is 2.70 bits per heavy atom. The quantitative estimate of drug-likeness (QED) is 0.452. The average Bonchev–Trinajstić information content (AvgIpc) is 3.41. The summed E-state index contributed by atoms with van der Waals surface area (Å²) in [7, 11) is 0. The third kappa shape index (κ3) is 4.86. The molecule has 2 aliphatic heterocycles. The number of fused-ring (bicyclic) bond motifs is 3. The summed E-state index contributed by atoms with van der Waals surface area (Å²) in [6.45, 7) is 8.43. The molecule has 6 aliphatic rings. The lowest BCUT2D eigenvalue weighted by Crippen LogP contribution is -2.64. The van der Waals surface area contributed by atoms with Gasteiger partial charge >= 0.3 is 11.9 Å². The molecule has 2 N–H and O–H groups in total. The largest absolute Gasteiger partial charge is 0.481 e. The van der Waals surface area contributed by atoms with Crippen LogP contribution >= 0.6 is 0 Å². The second-order valence-electron chi connectivity index (χ2n) is 14.1. The first-order chi connectivity index (χ1) is 19.2. The maximum atomic E-state index is 13.9. The summed E-state index contributed by atoms with van der Waals surface area (Å²) in [5.41, 5.74) is 0.783. The number of carbonyl (C=O) groups is 3. The van der Waals surface area contributed by atoms with Gasteiger partial charge in [-0.2, -0.15) is 0 Å². The van der Waals surface area contributed by atoms with Gasteiger partial charge in [0.1, 0.15) is 6.10 Å². The number of ether oxygens (including phenoxy) is 3. The van der Waals surface area contributed by atoms with E-state index in [2.05, 4.69) is 19.2 Å². The molecule has 40 heavy (non-hydrogen) atoms. The number of nitrogens with one attached hydrogen (secondary N) is 1. The van der Waals surface area contributed by atoms with Gasteiger partial charge in [0.05, 0.1) is 31.8 Å². The molecule has 6 rings (SSSR count). The van der Waals surface area contributed by atoms with Crippen molar-refractivity contribution in [2.24, 2.45) is 52.8 Å². The van der Waals surface area contributed by atoms with Crippen LogP contribution in [0.2, 0.25) is 0 Å². The van der Waals surface area contributed by atoms with Crippen molar-refractivity contribution in [3.8, 4) is 0 Å². The number of carboxylic acid groups (broad SMARTS) is 1. The van der Waals surface area contributed by atoms with Gasteiger partial charge in [-0.1, -0.05) is 19.4 Å². The van der Waals surface area contributed by atoms with Crippen molar-refractivity contribution in [2.45, 2.75) is 90.4 Å². The molecule has 222 valence electrons. The number of carbonyl (C=O) groups excluding carboxylic acids is 2. The molecule has 2 bridgehead atoms. The highest BCUT2D eigenvalue weighted by Crippen LogP contribution is 2.64. The number of aliphatic carboxylic acids is 1. The standard InChI is InChI=1S/C32H47NO7/c1-17(2)11-19-6-7-22-21-8-9-24-23-15-38-16-32(24,25(21)12-26(35)29(22)28(19)31(36)37)13-27(40-18(3)34)30(23)39-14-20-5-4-10-33-20/h12,17,19-24,27-30,33H,4-11,13-16H2,1-3H3,(H,36,37)/t19?,20-,21?,22?,23?,24?,27+,28?,29?,30+,32+/m0/s1. The van der Waals surface area contributed by atoms with E-state index in [0.717, 1.165) is 57.1 Å². The van der Waals surface area contributed by atoms with Gasteiger partial charge in [-0.05, 0) is 93.6 Å². The highest BCUT2D eigenvalue weighted by molar-refractivity contribution is 5.97. The van der Waals surface area contributed by atoms with Crippen LogP contribution in [0.15, 0.2) is 11.6 Å². The van der Waals surface area contributed by atoms with E-state index in [0.29, 0.717) is 44.1 Å². The van der Waals surface area contributed by atoms with Crippen molar-refractivity contribution in [3.63, 3.8) is 0 Å². The average molecular weight is 558 g/mol. The maximum Gasteiger partial charge on any atom is 0.307 e. The van der Waals surface area contributed by atoms with Crippen molar-refractivity contribution in [2.75, 3.05) is 26.4 Å². The highest BCUT2D eigenvalue weighted by Gasteiger charge is 2.64. The van der Waals surface area contributed by atoms with E-state index in [-0.39, 0.29) is 53.0 Å². The lowest BCUT2D eigenvalue weighted by Gasteiger charge is -2.63. The van der Waals surface area contributed by atoms with Crippen LogP contribution in [0.25, 0.3) is 0 Å². The molecular weight excluding hydrogens is 510 g/mol. The zero-order chi connectivity index (χ0) is 28.2. The third-order valence-corrected chi connectivity index (χ3v) is 11.4. The predicted octanol–water partition coefficient (Wildman–Crippen LogP) is 4.02. The van der Waals surface area contributed by atoms with Gasteiger partial charge in [-0.3, -0.25) is 14.4 Å². The van der Waals surface area contributed by atoms with Gasteiger partial charge in [0.2, 0.25) is 0 Å². The molecular formula is C32H47NO7. The number of hydrogen-bond donors (Lipinski definition) is 2. The molecule has 0 aromatic rings. The van der Waals surface area contributed by atoms with E-state index >= 15 is 0 Å². The van der Waals surface area contributed by atoms with Crippen LogP contribution in [0.1, 0.15) is 72.1 Å². The third-order valence-electron chi connectivity index (χ3n) is 11.4. The van der Waals surface area contributed by atoms with Gasteiger partial charge < -0.3 is 24.6 Å². The fourth-order valence-corrected chi connectivity index (χ4v) is 10.1. The molecule has 0 aromatic carbocycles. The Morgan fingerprint density at radius 2 is 2.00 bits per heavy atom. The van der Waals surface area contributed by atoms with Crippen LogP contribution in [-0.4, -0.2) is 67.4 Å². The van der Waals surface area contributed by atoms with E-state index in [1.54, 1.807) is 0 Å². The van der Waals surface area contributed by atoms with Gasteiger partial charge in [0.15, 0.2) is 5.78 Å². The molecule has 0 spiro atoms. The fraction of sp³-hybridized carbons (Fsp3) is 0.844. The van der Waals surface area contributed by atoms with Gasteiger partial charge in [0, 0.05) is 30.2 Å². The summed E-state index contributed by atoms with van der Waals surface area (Å²) in [6.07, 6.45) is 8.66. The van der Waals surface area contributed by atoms with E-state index in [4.69, 9.17) is 14.2 Å². The van der Waals surface area contributed by atoms with Crippen LogP contribution < -0.4 is 5.32 Å². The highest BCUT2D eigenvalue weighted by atomic mass is 16.6. The van der Waals surface area contributed by atoms with Gasteiger partial charge in [-0.25, -0.2) is 0 Å². The molecule has 0 radical (unpaired) electrons. The summed E-state index contributed by atoms with van der Waals surface area (Å²) in [5, 5.41) is 13.8. The molecule has 0 aromatic heterocycles. The minimum atomic E-state index is -0.817. The van der Waals surface area contributed by atoms with Crippen LogP contribution in [0.3, 0.4) is 0 Å². The monoisotopic (exact) mass is 557 g/mol. The Morgan fingerprint density at radius 1 is 1.18 bits per heavy atom. The molecule has 8 nitrogen and oxygen atoms in total. The van der Waals surface area contributed by atoms with E-state index in [1.165, 1.54) is 6.92 Å². The zero-order valence-electron chi connectivity index (χ0n) is 24.3. The Kier molecular flexibility index (Phi) is 7.90. The molecule has 2 saturated heterocycles. The number of hydrogen-bond acceptors (Lipinski definition) is 7. The van der Waals surface area contributed by atoms with Crippen molar-refractivity contribution in [3.05, 3.63) is 11.6 Å². The Hall–Kier alpha value is -1.77. The molecule has 2 heterocycles. The number of esters is 1. The van der Waals surface area contributed by atoms with Crippen molar-refractivity contribution >= 4 is 17.7 Å². The first kappa shape index (κ1) is 28.4. The van der Waals surface area contributed by atoms with Gasteiger partial charge in [0.25, 0.3) is 0 Å². The molecule has 5 fully saturated rings. The summed E-state index contributed by atoms with van der Waals surface area (Å²) >= 11 is 0. The Bertz CT molecular complexity index is 1030. The topological polar surface area (TPSA) is 111 Å². The van der Waals surface area contributed by atoms with E-state index in [1.807, 2.05) is 6.08 Å². The first-order valence-corrected chi connectivity index (χ1v) is 15.8. The molecule has 0 amide bonds. The minimum absolute atomic E-state index is 0.0102.